The minimum absolute atomic E-state index is 0.123. The van der Waals surface area contributed by atoms with Crippen molar-refractivity contribution in [1.82, 2.24) is 9.97 Å². The minimum Gasteiger partial charge on any atom is -0.496 e. The lowest BCUT2D eigenvalue weighted by molar-refractivity contribution is 0.408. The first-order chi connectivity index (χ1) is 10.1. The molecule has 1 heterocycles. The second kappa shape index (κ2) is 5.40. The molecule has 0 bridgehead atoms. The molecule has 7 heteroatoms. The highest BCUT2D eigenvalue weighted by Crippen LogP contribution is 2.48. The number of nitrogens with two attached hydrogens (primary N) is 2. The van der Waals surface area contributed by atoms with Gasteiger partial charge in [0.05, 0.1) is 17.8 Å². The maximum Gasteiger partial charge on any atom is 0.222 e. The Labute approximate surface area is 130 Å². The van der Waals surface area contributed by atoms with E-state index in [0.717, 1.165) is 34.4 Å². The van der Waals surface area contributed by atoms with E-state index in [1.54, 1.807) is 7.11 Å². The van der Waals surface area contributed by atoms with Crippen molar-refractivity contribution >= 4 is 27.7 Å². The predicted octanol–water partition coefficient (Wildman–Crippen LogP) is 3.08. The lowest BCUT2D eigenvalue weighted by Gasteiger charge is -2.14. The quantitative estimate of drug-likeness (QED) is 0.879. The summed E-state index contributed by atoms with van der Waals surface area (Å²) < 4.78 is 12.0. The number of rotatable bonds is 4. The second-order valence-corrected chi connectivity index (χ2v) is 5.73. The Morgan fingerprint density at radius 1 is 1.19 bits per heavy atom. The molecular formula is C14H15BrN4O2. The van der Waals surface area contributed by atoms with Crippen molar-refractivity contribution in [2.45, 2.75) is 18.8 Å². The normalized spacial score (nSPS) is 14.0. The van der Waals surface area contributed by atoms with E-state index < -0.39 is 0 Å². The highest BCUT2D eigenvalue weighted by atomic mass is 79.9. The Kier molecular flexibility index (Phi) is 3.59. The molecule has 1 aliphatic rings. The molecule has 1 aliphatic carbocycles. The third-order valence-electron chi connectivity index (χ3n) is 3.32. The zero-order chi connectivity index (χ0) is 15.0. The van der Waals surface area contributed by atoms with Gasteiger partial charge in [-0.25, -0.2) is 4.98 Å². The number of hydrogen-bond acceptors (Lipinski definition) is 6. The van der Waals surface area contributed by atoms with E-state index in [2.05, 4.69) is 25.9 Å². The molecule has 0 radical (unpaired) electrons. The van der Waals surface area contributed by atoms with Crippen LogP contribution >= 0.6 is 15.9 Å². The maximum absolute atomic E-state index is 5.89. The van der Waals surface area contributed by atoms with Gasteiger partial charge in [0.2, 0.25) is 5.95 Å². The highest BCUT2D eigenvalue weighted by molar-refractivity contribution is 9.10. The van der Waals surface area contributed by atoms with Crippen molar-refractivity contribution in [3.05, 3.63) is 28.4 Å². The SMILES string of the molecule is COc1cc(C2CC2)c(Oc2cnc(N)nc2N)cc1Br. The first-order valence-corrected chi connectivity index (χ1v) is 7.31. The van der Waals surface area contributed by atoms with Crippen molar-refractivity contribution in [1.29, 1.82) is 0 Å². The third kappa shape index (κ3) is 2.87. The van der Waals surface area contributed by atoms with E-state index in [1.807, 2.05) is 12.1 Å². The first-order valence-electron chi connectivity index (χ1n) is 6.51. The molecule has 1 aromatic carbocycles. The third-order valence-corrected chi connectivity index (χ3v) is 3.94. The van der Waals surface area contributed by atoms with Gasteiger partial charge in [-0.2, -0.15) is 4.98 Å². The van der Waals surface area contributed by atoms with Crippen molar-refractivity contribution in [3.8, 4) is 17.2 Å². The van der Waals surface area contributed by atoms with Crippen molar-refractivity contribution in [2.24, 2.45) is 0 Å². The molecule has 1 aromatic heterocycles. The molecule has 3 rings (SSSR count). The standard InChI is InChI=1S/C14H15BrN4O2/c1-20-11-4-8(7-2-3-7)10(5-9(11)15)21-12-6-18-14(17)19-13(12)16/h4-7H,2-3H2,1H3,(H4,16,17,18,19). The summed E-state index contributed by atoms with van der Waals surface area (Å²) in [7, 11) is 1.64. The van der Waals surface area contributed by atoms with Gasteiger partial charge in [0, 0.05) is 5.56 Å². The monoisotopic (exact) mass is 350 g/mol. The van der Waals surface area contributed by atoms with E-state index in [0.29, 0.717) is 11.7 Å². The second-order valence-electron chi connectivity index (χ2n) is 4.88. The molecule has 0 saturated heterocycles. The summed E-state index contributed by atoms with van der Waals surface area (Å²) in [6, 6.07) is 3.87. The first kappa shape index (κ1) is 13.9. The molecule has 1 saturated carbocycles. The Hall–Kier alpha value is -2.02. The van der Waals surface area contributed by atoms with Crippen molar-refractivity contribution < 1.29 is 9.47 Å². The Bertz CT molecular complexity index is 689. The number of benzene rings is 1. The summed E-state index contributed by atoms with van der Waals surface area (Å²) in [5, 5.41) is 0. The molecule has 6 nitrogen and oxygen atoms in total. The van der Waals surface area contributed by atoms with Gasteiger partial charge in [0.25, 0.3) is 0 Å². The maximum atomic E-state index is 5.89. The Balaban J connectivity index is 1.99. The number of hydrogen-bond donors (Lipinski definition) is 2. The summed E-state index contributed by atoms with van der Waals surface area (Å²) in [4.78, 5) is 7.81. The van der Waals surface area contributed by atoms with Crippen LogP contribution in [0.5, 0.6) is 17.2 Å². The van der Waals surface area contributed by atoms with Gasteiger partial charge in [0.1, 0.15) is 11.5 Å². The average molecular weight is 351 g/mol. The fourth-order valence-corrected chi connectivity index (χ4v) is 2.59. The fraction of sp³-hybridized carbons (Fsp3) is 0.286. The molecule has 0 aliphatic heterocycles. The predicted molar refractivity (Wildman–Crippen MR) is 83.6 cm³/mol. The van der Waals surface area contributed by atoms with Crippen LogP contribution in [0.4, 0.5) is 11.8 Å². The van der Waals surface area contributed by atoms with Crippen LogP contribution in [0.3, 0.4) is 0 Å². The summed E-state index contributed by atoms with van der Waals surface area (Å²) in [5.74, 6) is 2.74. The van der Waals surface area contributed by atoms with E-state index >= 15 is 0 Å². The molecule has 1 fully saturated rings. The molecule has 4 N–H and O–H groups in total. The lowest BCUT2D eigenvalue weighted by Crippen LogP contribution is -2.02. The largest absolute Gasteiger partial charge is 0.496 e. The summed E-state index contributed by atoms with van der Waals surface area (Å²) in [5.41, 5.74) is 12.4. The van der Waals surface area contributed by atoms with Gasteiger partial charge in [-0.1, -0.05) is 0 Å². The minimum atomic E-state index is 0.123. The van der Waals surface area contributed by atoms with Crippen LogP contribution in [0.25, 0.3) is 0 Å². The van der Waals surface area contributed by atoms with Gasteiger partial charge in [0.15, 0.2) is 11.6 Å². The number of nitrogens with zero attached hydrogens (tertiary/aromatic N) is 2. The zero-order valence-electron chi connectivity index (χ0n) is 11.5. The van der Waals surface area contributed by atoms with E-state index in [-0.39, 0.29) is 11.8 Å². The Morgan fingerprint density at radius 2 is 1.95 bits per heavy atom. The van der Waals surface area contributed by atoms with E-state index in [4.69, 9.17) is 20.9 Å². The molecule has 0 amide bonds. The lowest BCUT2D eigenvalue weighted by atomic mass is 10.1. The summed E-state index contributed by atoms with van der Waals surface area (Å²) in [6.45, 7) is 0. The molecule has 0 spiro atoms. The van der Waals surface area contributed by atoms with Crippen LogP contribution in [0.1, 0.15) is 24.3 Å². The zero-order valence-corrected chi connectivity index (χ0v) is 13.1. The van der Waals surface area contributed by atoms with Crippen molar-refractivity contribution in [2.75, 3.05) is 18.6 Å². The number of aromatic nitrogens is 2. The molecule has 2 aromatic rings. The van der Waals surface area contributed by atoms with E-state index in [1.165, 1.54) is 6.20 Å². The van der Waals surface area contributed by atoms with Crippen LogP contribution < -0.4 is 20.9 Å². The smallest absolute Gasteiger partial charge is 0.222 e. The number of anilines is 2. The number of ether oxygens (including phenoxy) is 2. The van der Waals surface area contributed by atoms with E-state index in [9.17, 15) is 0 Å². The molecular weight excluding hydrogens is 336 g/mol. The van der Waals surface area contributed by atoms with Crippen LogP contribution in [-0.4, -0.2) is 17.1 Å². The van der Waals surface area contributed by atoms with Gasteiger partial charge in [-0.05, 0) is 46.8 Å². The van der Waals surface area contributed by atoms with Crippen LogP contribution in [0.15, 0.2) is 22.8 Å². The fourth-order valence-electron chi connectivity index (χ4n) is 2.10. The molecule has 110 valence electrons. The highest BCUT2D eigenvalue weighted by Gasteiger charge is 2.28. The molecule has 0 atom stereocenters. The number of halogens is 1. The molecule has 21 heavy (non-hydrogen) atoms. The van der Waals surface area contributed by atoms with Gasteiger partial charge in [-0.3, -0.25) is 0 Å². The number of methoxy groups -OCH3 is 1. The van der Waals surface area contributed by atoms with Crippen LogP contribution in [-0.2, 0) is 0 Å². The topological polar surface area (TPSA) is 96.3 Å². The summed E-state index contributed by atoms with van der Waals surface area (Å²) in [6.07, 6.45) is 3.77. The van der Waals surface area contributed by atoms with Crippen LogP contribution in [0.2, 0.25) is 0 Å². The van der Waals surface area contributed by atoms with Gasteiger partial charge in [-0.15, -0.1) is 0 Å². The van der Waals surface area contributed by atoms with Gasteiger partial charge >= 0.3 is 0 Å². The summed E-state index contributed by atoms with van der Waals surface area (Å²) >= 11 is 3.47. The number of nitrogen functional groups attached to an aromatic ring is 2. The van der Waals surface area contributed by atoms with Crippen molar-refractivity contribution in [3.63, 3.8) is 0 Å². The average Bonchev–Trinajstić information content (AvgIpc) is 3.26. The Morgan fingerprint density at radius 3 is 2.57 bits per heavy atom. The van der Waals surface area contributed by atoms with Gasteiger partial charge < -0.3 is 20.9 Å². The van der Waals surface area contributed by atoms with Crippen LogP contribution in [0, 0.1) is 0 Å². The molecule has 0 unspecified atom stereocenters.